The minimum Gasteiger partial charge on any atom is -0.392 e. The van der Waals surface area contributed by atoms with E-state index in [1.807, 2.05) is 19.1 Å². The van der Waals surface area contributed by atoms with Crippen molar-refractivity contribution in [1.29, 1.82) is 0 Å². The maximum atomic E-state index is 8.81. The van der Waals surface area contributed by atoms with Crippen LogP contribution in [0.1, 0.15) is 53.9 Å². The van der Waals surface area contributed by atoms with Crippen LogP contribution >= 0.6 is 0 Å². The van der Waals surface area contributed by atoms with E-state index in [2.05, 4.69) is 45.9 Å². The molecule has 1 rings (SSSR count). The summed E-state index contributed by atoms with van der Waals surface area (Å²) in [5, 5.41) is 8.81. The van der Waals surface area contributed by atoms with Gasteiger partial charge >= 0.3 is 0 Å². The fraction of sp³-hybridized carbons (Fsp3) is 0.500. The van der Waals surface area contributed by atoms with E-state index in [1.54, 1.807) is 6.08 Å². The molecule has 1 aliphatic rings. The molecule has 0 fully saturated rings. The third-order valence-electron chi connectivity index (χ3n) is 4.19. The first-order valence-electron chi connectivity index (χ1n) is 7.87. The lowest BCUT2D eigenvalue weighted by Gasteiger charge is -2.32. The normalized spacial score (nSPS) is 20.9. The van der Waals surface area contributed by atoms with Crippen LogP contribution in [0.3, 0.4) is 0 Å². The van der Waals surface area contributed by atoms with Gasteiger partial charge < -0.3 is 5.11 Å². The third-order valence-corrected chi connectivity index (χ3v) is 4.19. The van der Waals surface area contributed by atoms with Gasteiger partial charge in [0.2, 0.25) is 0 Å². The molecule has 0 aromatic carbocycles. The van der Waals surface area contributed by atoms with Crippen LogP contribution in [-0.4, -0.2) is 11.7 Å². The molecule has 1 aliphatic carbocycles. The fourth-order valence-electron chi connectivity index (χ4n) is 2.84. The molecule has 0 heterocycles. The van der Waals surface area contributed by atoms with Crippen molar-refractivity contribution in [2.75, 3.05) is 6.61 Å². The Balaban J connectivity index is 2.78. The summed E-state index contributed by atoms with van der Waals surface area (Å²) in [6, 6.07) is 0. The topological polar surface area (TPSA) is 20.2 Å². The van der Waals surface area contributed by atoms with Crippen molar-refractivity contribution in [1.82, 2.24) is 0 Å². The molecule has 0 amide bonds. The first-order chi connectivity index (χ1) is 9.86. The molecule has 0 aromatic heterocycles. The van der Waals surface area contributed by atoms with Gasteiger partial charge in [0.15, 0.2) is 0 Å². The Kier molecular flexibility index (Phi) is 6.91. The minimum atomic E-state index is 0.0985. The van der Waals surface area contributed by atoms with Crippen LogP contribution < -0.4 is 0 Å². The Morgan fingerprint density at radius 3 is 2.52 bits per heavy atom. The molecule has 0 radical (unpaired) electrons. The predicted molar refractivity (Wildman–Crippen MR) is 93.2 cm³/mol. The highest BCUT2D eigenvalue weighted by molar-refractivity contribution is 5.37. The van der Waals surface area contributed by atoms with E-state index in [-0.39, 0.29) is 6.61 Å². The quantitative estimate of drug-likeness (QED) is 0.661. The van der Waals surface area contributed by atoms with Gasteiger partial charge in [0.05, 0.1) is 6.61 Å². The Morgan fingerprint density at radius 1 is 1.19 bits per heavy atom. The maximum absolute atomic E-state index is 8.81. The van der Waals surface area contributed by atoms with Crippen molar-refractivity contribution in [2.24, 2.45) is 5.41 Å². The second-order valence-corrected chi connectivity index (χ2v) is 6.67. The molecule has 0 saturated carbocycles. The first-order valence-corrected chi connectivity index (χ1v) is 7.87. The molecule has 0 unspecified atom stereocenters. The second-order valence-electron chi connectivity index (χ2n) is 6.67. The summed E-state index contributed by atoms with van der Waals surface area (Å²) in [6.07, 6.45) is 16.3. The zero-order chi connectivity index (χ0) is 15.9. The number of hydrogen-bond donors (Lipinski definition) is 1. The summed E-state index contributed by atoms with van der Waals surface area (Å²) in [6.45, 7) is 11.2. The summed E-state index contributed by atoms with van der Waals surface area (Å²) >= 11 is 0. The highest BCUT2D eigenvalue weighted by atomic mass is 16.2. The largest absolute Gasteiger partial charge is 0.392 e. The van der Waals surface area contributed by atoms with Gasteiger partial charge in [-0.2, -0.15) is 0 Å². The Bertz CT molecular complexity index is 496. The molecule has 0 saturated heterocycles. The molecule has 1 heteroatoms. The predicted octanol–water partition coefficient (Wildman–Crippen LogP) is 5.51. The summed E-state index contributed by atoms with van der Waals surface area (Å²) in [5.41, 5.74) is 5.66. The van der Waals surface area contributed by atoms with E-state index in [4.69, 9.17) is 5.11 Å². The highest BCUT2D eigenvalue weighted by Gasteiger charge is 2.26. The molecular weight excluding hydrogens is 256 g/mol. The van der Waals surface area contributed by atoms with Gasteiger partial charge in [0.1, 0.15) is 0 Å². The SMILES string of the molecule is CC1=C(\C=C/C(C)=C/C=C\C(C)=C\CO)C(C)(C)CCC1. The van der Waals surface area contributed by atoms with E-state index in [0.717, 1.165) is 5.57 Å². The summed E-state index contributed by atoms with van der Waals surface area (Å²) < 4.78 is 0. The van der Waals surface area contributed by atoms with Gasteiger partial charge in [-0.05, 0) is 51.0 Å². The van der Waals surface area contributed by atoms with Crippen LogP contribution in [0.15, 0.2) is 58.7 Å². The van der Waals surface area contributed by atoms with Crippen molar-refractivity contribution in [3.8, 4) is 0 Å². The van der Waals surface area contributed by atoms with Gasteiger partial charge in [-0.1, -0.05) is 67.0 Å². The summed E-state index contributed by atoms with van der Waals surface area (Å²) in [7, 11) is 0. The minimum absolute atomic E-state index is 0.0985. The van der Waals surface area contributed by atoms with Crippen LogP contribution in [0.25, 0.3) is 0 Å². The van der Waals surface area contributed by atoms with Gasteiger partial charge in [0.25, 0.3) is 0 Å². The molecule has 116 valence electrons. The van der Waals surface area contributed by atoms with Gasteiger partial charge in [-0.3, -0.25) is 0 Å². The molecule has 1 nitrogen and oxygen atoms in total. The van der Waals surface area contributed by atoms with Crippen LogP contribution in [0, 0.1) is 5.41 Å². The van der Waals surface area contributed by atoms with Crippen molar-refractivity contribution in [3.63, 3.8) is 0 Å². The summed E-state index contributed by atoms with van der Waals surface area (Å²) in [4.78, 5) is 0. The van der Waals surface area contributed by atoms with Crippen LogP contribution in [0.4, 0.5) is 0 Å². The molecular formula is C20H30O. The average Bonchev–Trinajstić information content (AvgIpc) is 2.37. The number of allylic oxidation sites excluding steroid dienone is 9. The van der Waals surface area contributed by atoms with Crippen LogP contribution in [0.5, 0.6) is 0 Å². The lowest BCUT2D eigenvalue weighted by Crippen LogP contribution is -2.19. The number of aliphatic hydroxyl groups is 1. The van der Waals surface area contributed by atoms with Crippen LogP contribution in [-0.2, 0) is 0 Å². The van der Waals surface area contributed by atoms with Crippen molar-refractivity contribution < 1.29 is 5.11 Å². The van der Waals surface area contributed by atoms with E-state index >= 15 is 0 Å². The number of rotatable bonds is 5. The molecule has 0 aliphatic heterocycles. The molecule has 1 N–H and O–H groups in total. The third kappa shape index (κ3) is 5.89. The van der Waals surface area contributed by atoms with Gasteiger partial charge in [0, 0.05) is 0 Å². The van der Waals surface area contributed by atoms with Gasteiger partial charge in [-0.15, -0.1) is 0 Å². The Labute approximate surface area is 130 Å². The second kappa shape index (κ2) is 8.19. The summed E-state index contributed by atoms with van der Waals surface area (Å²) in [5.74, 6) is 0. The van der Waals surface area contributed by atoms with E-state index in [1.165, 1.54) is 36.0 Å². The molecule has 0 atom stereocenters. The van der Waals surface area contributed by atoms with Gasteiger partial charge in [-0.25, -0.2) is 0 Å². The Morgan fingerprint density at radius 2 is 1.90 bits per heavy atom. The standard InChI is InChI=1S/C20H30O/c1-16(8-6-9-17(2)13-15-21)11-12-19-18(3)10-7-14-20(19,4)5/h6,8-9,11-13,21H,7,10,14-15H2,1-5H3/b9-6-,12-11-,16-8+,17-13+. The lowest BCUT2D eigenvalue weighted by molar-refractivity contribution is 0.342. The van der Waals surface area contributed by atoms with Crippen molar-refractivity contribution in [2.45, 2.75) is 53.9 Å². The Hall–Kier alpha value is -1.34. The van der Waals surface area contributed by atoms with Crippen LogP contribution in [0.2, 0.25) is 0 Å². The van der Waals surface area contributed by atoms with E-state index in [0.29, 0.717) is 5.41 Å². The molecule has 0 bridgehead atoms. The zero-order valence-corrected chi connectivity index (χ0v) is 14.2. The lowest BCUT2D eigenvalue weighted by atomic mass is 9.72. The first kappa shape index (κ1) is 17.7. The molecule has 0 spiro atoms. The maximum Gasteiger partial charge on any atom is 0.0617 e. The monoisotopic (exact) mass is 286 g/mol. The average molecular weight is 286 g/mol. The molecule has 0 aromatic rings. The fourth-order valence-corrected chi connectivity index (χ4v) is 2.84. The number of hydrogen-bond acceptors (Lipinski definition) is 1. The van der Waals surface area contributed by atoms with E-state index < -0.39 is 0 Å². The smallest absolute Gasteiger partial charge is 0.0617 e. The van der Waals surface area contributed by atoms with Crippen molar-refractivity contribution in [3.05, 3.63) is 58.7 Å². The number of aliphatic hydroxyl groups excluding tert-OH is 1. The molecule has 21 heavy (non-hydrogen) atoms. The highest BCUT2D eigenvalue weighted by Crippen LogP contribution is 2.40. The van der Waals surface area contributed by atoms with Crippen molar-refractivity contribution >= 4 is 0 Å². The van der Waals surface area contributed by atoms with E-state index in [9.17, 15) is 0 Å². The zero-order valence-electron chi connectivity index (χ0n) is 14.2.